The zero-order valence-electron chi connectivity index (χ0n) is 16.7. The van der Waals surface area contributed by atoms with Gasteiger partial charge in [-0.15, -0.1) is 0 Å². The minimum absolute atomic E-state index is 0.0756. The molecule has 1 heterocycles. The zero-order valence-corrected chi connectivity index (χ0v) is 16.7. The maximum atomic E-state index is 12.8. The van der Waals surface area contributed by atoms with E-state index in [2.05, 4.69) is 10.6 Å². The fraction of sp³-hybridized carbons (Fsp3) is 0.778. The van der Waals surface area contributed by atoms with Crippen molar-refractivity contribution in [2.75, 3.05) is 6.54 Å². The highest BCUT2D eigenvalue weighted by Gasteiger charge is 2.39. The lowest BCUT2D eigenvalue weighted by Crippen LogP contribution is -2.58. The molecule has 1 aliphatic heterocycles. The van der Waals surface area contributed by atoms with E-state index in [1.165, 1.54) is 11.8 Å². The van der Waals surface area contributed by atoms with Crippen LogP contribution in [0.4, 0.5) is 0 Å². The summed E-state index contributed by atoms with van der Waals surface area (Å²) >= 11 is 0. The van der Waals surface area contributed by atoms with E-state index in [0.717, 1.165) is 0 Å². The van der Waals surface area contributed by atoms with Crippen molar-refractivity contribution in [3.8, 4) is 0 Å². The van der Waals surface area contributed by atoms with Gasteiger partial charge in [-0.1, -0.05) is 27.7 Å². The van der Waals surface area contributed by atoms with Crippen molar-refractivity contribution in [2.45, 2.75) is 71.6 Å². The van der Waals surface area contributed by atoms with Crippen LogP contribution in [-0.4, -0.2) is 64.4 Å². The van der Waals surface area contributed by atoms with Crippen LogP contribution in [0.25, 0.3) is 0 Å². The van der Waals surface area contributed by atoms with Gasteiger partial charge in [-0.05, 0) is 31.6 Å². The first-order valence-electron chi connectivity index (χ1n) is 9.37. The number of rotatable bonds is 8. The van der Waals surface area contributed by atoms with Gasteiger partial charge in [0.1, 0.15) is 18.1 Å². The van der Waals surface area contributed by atoms with Crippen molar-refractivity contribution in [3.05, 3.63) is 0 Å². The molecule has 0 spiro atoms. The van der Waals surface area contributed by atoms with E-state index in [1.807, 2.05) is 0 Å². The summed E-state index contributed by atoms with van der Waals surface area (Å²) < 4.78 is 0. The number of carboxylic acid groups (broad SMARTS) is 1. The van der Waals surface area contributed by atoms with Crippen LogP contribution in [0.3, 0.4) is 0 Å². The van der Waals surface area contributed by atoms with Gasteiger partial charge in [-0.25, -0.2) is 4.79 Å². The molecule has 0 aromatic heterocycles. The molecular formula is C18H32N4O5. The second-order valence-electron chi connectivity index (χ2n) is 7.76. The van der Waals surface area contributed by atoms with Gasteiger partial charge in [-0.3, -0.25) is 14.4 Å². The molecule has 1 saturated heterocycles. The van der Waals surface area contributed by atoms with Crippen molar-refractivity contribution in [1.29, 1.82) is 0 Å². The predicted octanol–water partition coefficient (Wildman–Crippen LogP) is -0.309. The SMILES string of the molecule is CC(NC(=O)C(N)C(C)C)C(=O)NC(C(=O)N1CCCC1C(=O)O)C(C)C. The Morgan fingerprint density at radius 3 is 2.07 bits per heavy atom. The number of hydrogen-bond donors (Lipinski definition) is 4. The first-order valence-corrected chi connectivity index (χ1v) is 9.37. The van der Waals surface area contributed by atoms with E-state index in [-0.39, 0.29) is 11.8 Å². The minimum atomic E-state index is -1.04. The average Bonchev–Trinajstić information content (AvgIpc) is 3.07. The molecule has 27 heavy (non-hydrogen) atoms. The lowest BCUT2D eigenvalue weighted by molar-refractivity contribution is -0.150. The highest BCUT2D eigenvalue weighted by atomic mass is 16.4. The molecule has 0 aliphatic carbocycles. The van der Waals surface area contributed by atoms with Crippen LogP contribution in [0.5, 0.6) is 0 Å². The van der Waals surface area contributed by atoms with Crippen LogP contribution in [-0.2, 0) is 19.2 Å². The molecule has 4 unspecified atom stereocenters. The zero-order chi connectivity index (χ0) is 20.9. The summed E-state index contributed by atoms with van der Waals surface area (Å²) in [6.45, 7) is 9.01. The largest absolute Gasteiger partial charge is 0.480 e. The van der Waals surface area contributed by atoms with E-state index >= 15 is 0 Å². The number of carboxylic acids is 1. The number of nitrogens with one attached hydrogen (secondary N) is 2. The average molecular weight is 384 g/mol. The number of likely N-dealkylation sites (tertiary alicyclic amines) is 1. The van der Waals surface area contributed by atoms with Gasteiger partial charge in [0, 0.05) is 6.54 Å². The van der Waals surface area contributed by atoms with E-state index in [0.29, 0.717) is 19.4 Å². The highest BCUT2D eigenvalue weighted by molar-refractivity contribution is 5.94. The van der Waals surface area contributed by atoms with E-state index in [9.17, 15) is 24.3 Å². The third-order valence-corrected chi connectivity index (χ3v) is 4.82. The lowest BCUT2D eigenvalue weighted by atomic mass is 10.0. The summed E-state index contributed by atoms with van der Waals surface area (Å²) in [6.07, 6.45) is 1.01. The van der Waals surface area contributed by atoms with Gasteiger partial charge in [-0.2, -0.15) is 0 Å². The van der Waals surface area contributed by atoms with Crippen molar-refractivity contribution in [2.24, 2.45) is 17.6 Å². The molecular weight excluding hydrogens is 352 g/mol. The second-order valence-corrected chi connectivity index (χ2v) is 7.76. The number of hydrogen-bond acceptors (Lipinski definition) is 5. The maximum absolute atomic E-state index is 12.8. The van der Waals surface area contributed by atoms with Crippen LogP contribution in [0, 0.1) is 11.8 Å². The third-order valence-electron chi connectivity index (χ3n) is 4.82. The Kier molecular flexibility index (Phi) is 8.20. The topological polar surface area (TPSA) is 142 Å². The summed E-state index contributed by atoms with van der Waals surface area (Å²) in [5.74, 6) is -2.73. The quantitative estimate of drug-likeness (QED) is 0.452. The molecule has 0 aromatic carbocycles. The van der Waals surface area contributed by atoms with E-state index in [1.54, 1.807) is 27.7 Å². The summed E-state index contributed by atoms with van der Waals surface area (Å²) in [4.78, 5) is 50.0. The number of nitrogens with zero attached hydrogens (tertiary/aromatic N) is 1. The number of carbonyl (C=O) groups is 4. The first-order chi connectivity index (χ1) is 12.5. The Labute approximate surface area is 160 Å². The van der Waals surface area contributed by atoms with Gasteiger partial charge < -0.3 is 26.4 Å². The van der Waals surface area contributed by atoms with Crippen LogP contribution >= 0.6 is 0 Å². The van der Waals surface area contributed by atoms with E-state index in [4.69, 9.17) is 5.73 Å². The molecule has 0 saturated carbocycles. The Morgan fingerprint density at radius 1 is 1.00 bits per heavy atom. The monoisotopic (exact) mass is 384 g/mol. The Balaban J connectivity index is 2.78. The lowest BCUT2D eigenvalue weighted by Gasteiger charge is -2.30. The molecule has 1 aliphatic rings. The molecule has 1 rings (SSSR count). The van der Waals surface area contributed by atoms with Gasteiger partial charge in [0.2, 0.25) is 17.7 Å². The highest BCUT2D eigenvalue weighted by Crippen LogP contribution is 2.20. The Morgan fingerprint density at radius 2 is 1.59 bits per heavy atom. The van der Waals surface area contributed by atoms with Crippen LogP contribution in [0.15, 0.2) is 0 Å². The molecule has 3 amide bonds. The fourth-order valence-corrected chi connectivity index (χ4v) is 2.94. The Hall–Kier alpha value is -2.16. The van der Waals surface area contributed by atoms with Gasteiger partial charge in [0.05, 0.1) is 6.04 Å². The predicted molar refractivity (Wildman–Crippen MR) is 99.6 cm³/mol. The van der Waals surface area contributed by atoms with Crippen LogP contribution in [0.2, 0.25) is 0 Å². The van der Waals surface area contributed by atoms with Gasteiger partial charge in [0.25, 0.3) is 0 Å². The molecule has 9 nitrogen and oxygen atoms in total. The summed E-state index contributed by atoms with van der Waals surface area (Å²) in [5, 5.41) is 14.5. The number of nitrogens with two attached hydrogens (primary N) is 1. The van der Waals surface area contributed by atoms with Crippen molar-refractivity contribution in [1.82, 2.24) is 15.5 Å². The summed E-state index contributed by atoms with van der Waals surface area (Å²) in [5.41, 5.74) is 5.77. The number of aliphatic carboxylic acids is 1. The second kappa shape index (κ2) is 9.68. The van der Waals surface area contributed by atoms with Crippen LogP contribution in [0.1, 0.15) is 47.5 Å². The standard InChI is InChI=1S/C18H32N4O5/c1-9(2)13(19)16(24)20-11(5)15(23)21-14(10(3)4)17(25)22-8-6-7-12(22)18(26)27/h9-14H,6-8,19H2,1-5H3,(H,20,24)(H,21,23)(H,26,27). The molecule has 5 N–H and O–H groups in total. The Bertz CT molecular complexity index is 578. The molecule has 9 heteroatoms. The summed E-state index contributed by atoms with van der Waals surface area (Å²) in [6, 6.07) is -3.33. The fourth-order valence-electron chi connectivity index (χ4n) is 2.94. The molecule has 0 radical (unpaired) electrons. The van der Waals surface area contributed by atoms with Crippen LogP contribution < -0.4 is 16.4 Å². The smallest absolute Gasteiger partial charge is 0.326 e. The third kappa shape index (κ3) is 5.92. The maximum Gasteiger partial charge on any atom is 0.326 e. The summed E-state index contributed by atoms with van der Waals surface area (Å²) in [7, 11) is 0. The van der Waals surface area contributed by atoms with E-state index < -0.39 is 47.9 Å². The first kappa shape index (κ1) is 22.9. The number of carbonyl (C=O) groups excluding carboxylic acids is 3. The number of amides is 3. The molecule has 0 aromatic rings. The molecule has 0 bridgehead atoms. The normalized spacial score (nSPS) is 20.3. The molecule has 154 valence electrons. The van der Waals surface area contributed by atoms with Crippen molar-refractivity contribution >= 4 is 23.7 Å². The van der Waals surface area contributed by atoms with Gasteiger partial charge >= 0.3 is 5.97 Å². The minimum Gasteiger partial charge on any atom is -0.480 e. The molecule has 4 atom stereocenters. The molecule has 1 fully saturated rings. The van der Waals surface area contributed by atoms with Gasteiger partial charge in [0.15, 0.2) is 0 Å². The van der Waals surface area contributed by atoms with Crippen molar-refractivity contribution in [3.63, 3.8) is 0 Å². The van der Waals surface area contributed by atoms with Crippen molar-refractivity contribution < 1.29 is 24.3 Å².